The van der Waals surface area contributed by atoms with Gasteiger partial charge < -0.3 is 0 Å². The van der Waals surface area contributed by atoms with Gasteiger partial charge in [0.15, 0.2) is 4.32 Å². The molecule has 0 atom stereocenters. The molecule has 0 unspecified atom stereocenters. The molecular weight excluding hydrogens is 349 g/mol. The molecule has 0 saturated carbocycles. The van der Waals surface area contributed by atoms with Crippen LogP contribution in [-0.2, 0) is 4.79 Å². The van der Waals surface area contributed by atoms with Crippen LogP contribution in [0, 0.1) is 5.82 Å². The summed E-state index contributed by atoms with van der Waals surface area (Å²) in [5.41, 5.74) is 3.26. The van der Waals surface area contributed by atoms with Crippen LogP contribution in [0.4, 0.5) is 4.39 Å². The molecule has 1 aromatic heterocycles. The topological polar surface area (TPSA) is 62.3 Å². The monoisotopic (exact) mass is 359 g/mol. The van der Waals surface area contributed by atoms with Crippen LogP contribution in [0.5, 0.6) is 0 Å². The predicted molar refractivity (Wildman–Crippen MR) is 93.1 cm³/mol. The number of hydrogen-bond donors (Lipinski definition) is 1. The van der Waals surface area contributed by atoms with Gasteiger partial charge in [-0.2, -0.15) is 5.01 Å². The van der Waals surface area contributed by atoms with Crippen molar-refractivity contribution in [3.8, 4) is 0 Å². The molecule has 1 aliphatic heterocycles. The lowest BCUT2D eigenvalue weighted by Gasteiger charge is -2.15. The van der Waals surface area contributed by atoms with E-state index >= 15 is 0 Å². The second-order valence-electron chi connectivity index (χ2n) is 4.72. The van der Waals surface area contributed by atoms with Crippen molar-refractivity contribution in [2.45, 2.75) is 0 Å². The van der Waals surface area contributed by atoms with Gasteiger partial charge in [-0.3, -0.25) is 20.0 Å². The summed E-state index contributed by atoms with van der Waals surface area (Å²) in [6, 6.07) is 10.3. The van der Waals surface area contributed by atoms with Crippen molar-refractivity contribution in [3.63, 3.8) is 0 Å². The SMILES string of the molecule is O=C(NN1C(=O)/C(=C/c2ccccn2)SC1=S)c1ccc(F)cc1. The minimum Gasteiger partial charge on any atom is -0.267 e. The lowest BCUT2D eigenvalue weighted by molar-refractivity contribution is -0.123. The fourth-order valence-corrected chi connectivity index (χ4v) is 3.09. The van der Waals surface area contributed by atoms with E-state index < -0.39 is 17.6 Å². The molecule has 1 saturated heterocycles. The average Bonchev–Trinajstić information content (AvgIpc) is 2.84. The molecule has 1 N–H and O–H groups in total. The maximum Gasteiger partial charge on any atom is 0.285 e. The quantitative estimate of drug-likeness (QED) is 0.674. The fraction of sp³-hybridized carbons (Fsp3) is 0. The summed E-state index contributed by atoms with van der Waals surface area (Å²) in [6.45, 7) is 0. The van der Waals surface area contributed by atoms with E-state index in [0.29, 0.717) is 10.6 Å². The summed E-state index contributed by atoms with van der Waals surface area (Å²) in [6.07, 6.45) is 3.21. The molecule has 120 valence electrons. The van der Waals surface area contributed by atoms with Crippen LogP contribution >= 0.6 is 24.0 Å². The van der Waals surface area contributed by atoms with Gasteiger partial charge in [-0.05, 0) is 54.7 Å². The molecule has 5 nitrogen and oxygen atoms in total. The molecule has 3 rings (SSSR count). The van der Waals surface area contributed by atoms with Gasteiger partial charge in [-0.25, -0.2) is 4.39 Å². The number of hydrogen-bond acceptors (Lipinski definition) is 5. The van der Waals surface area contributed by atoms with E-state index in [1.165, 1.54) is 24.3 Å². The van der Waals surface area contributed by atoms with Gasteiger partial charge in [0.1, 0.15) is 5.82 Å². The first-order valence-electron chi connectivity index (χ1n) is 6.80. The van der Waals surface area contributed by atoms with Crippen molar-refractivity contribution in [2.24, 2.45) is 0 Å². The van der Waals surface area contributed by atoms with Gasteiger partial charge in [0.25, 0.3) is 11.8 Å². The number of thioether (sulfide) groups is 1. The van der Waals surface area contributed by atoms with Gasteiger partial charge in [-0.1, -0.05) is 17.8 Å². The lowest BCUT2D eigenvalue weighted by Crippen LogP contribution is -2.44. The zero-order valence-electron chi connectivity index (χ0n) is 12.1. The lowest BCUT2D eigenvalue weighted by atomic mass is 10.2. The highest BCUT2D eigenvalue weighted by molar-refractivity contribution is 8.26. The van der Waals surface area contributed by atoms with Gasteiger partial charge in [0, 0.05) is 11.8 Å². The highest BCUT2D eigenvalue weighted by Crippen LogP contribution is 2.31. The standard InChI is InChI=1S/C16H10FN3O2S2/c17-11-6-4-10(5-7-11)14(21)19-20-15(22)13(24-16(20)23)9-12-3-1-2-8-18-12/h1-9H,(H,19,21)/b13-9-. The number of benzene rings is 1. The Balaban J connectivity index is 1.76. The third kappa shape index (κ3) is 3.50. The predicted octanol–water partition coefficient (Wildman–Crippen LogP) is 2.77. The highest BCUT2D eigenvalue weighted by Gasteiger charge is 2.33. The summed E-state index contributed by atoms with van der Waals surface area (Å²) < 4.78 is 13.1. The van der Waals surface area contributed by atoms with Crippen molar-refractivity contribution in [1.29, 1.82) is 0 Å². The number of halogens is 1. The van der Waals surface area contributed by atoms with E-state index in [9.17, 15) is 14.0 Å². The summed E-state index contributed by atoms with van der Waals surface area (Å²) in [4.78, 5) is 29.0. The minimum absolute atomic E-state index is 0.206. The zero-order valence-corrected chi connectivity index (χ0v) is 13.7. The summed E-state index contributed by atoms with van der Waals surface area (Å²) >= 11 is 6.20. The minimum atomic E-state index is -0.551. The number of rotatable bonds is 3. The maximum atomic E-state index is 12.9. The fourth-order valence-electron chi connectivity index (χ4n) is 1.93. The van der Waals surface area contributed by atoms with E-state index in [1.807, 2.05) is 0 Å². The van der Waals surface area contributed by atoms with Crippen LogP contribution in [0.3, 0.4) is 0 Å². The molecule has 24 heavy (non-hydrogen) atoms. The van der Waals surface area contributed by atoms with Crippen LogP contribution in [0.15, 0.2) is 53.6 Å². The number of carbonyl (C=O) groups is 2. The van der Waals surface area contributed by atoms with Crippen LogP contribution < -0.4 is 5.43 Å². The summed E-state index contributed by atoms with van der Waals surface area (Å²) in [5, 5.41) is 1.00. The molecule has 0 radical (unpaired) electrons. The Morgan fingerprint density at radius 1 is 1.25 bits per heavy atom. The van der Waals surface area contributed by atoms with Crippen molar-refractivity contribution < 1.29 is 14.0 Å². The Morgan fingerprint density at radius 3 is 2.67 bits per heavy atom. The Kier molecular flexibility index (Phi) is 4.68. The molecule has 1 fully saturated rings. The Hall–Kier alpha value is -2.58. The highest BCUT2D eigenvalue weighted by atomic mass is 32.2. The van der Waals surface area contributed by atoms with Crippen LogP contribution in [-0.4, -0.2) is 26.1 Å². The van der Waals surface area contributed by atoms with Crippen LogP contribution in [0.2, 0.25) is 0 Å². The largest absolute Gasteiger partial charge is 0.285 e. The van der Waals surface area contributed by atoms with Crippen molar-refractivity contribution in [3.05, 3.63) is 70.6 Å². The number of amides is 2. The number of carbonyl (C=O) groups excluding carboxylic acids is 2. The molecule has 2 amide bonds. The number of aromatic nitrogens is 1. The Bertz CT molecular complexity index is 838. The first kappa shape index (κ1) is 16.3. The molecule has 8 heteroatoms. The number of thiocarbonyl (C=S) groups is 1. The van der Waals surface area contributed by atoms with Gasteiger partial charge in [0.05, 0.1) is 10.6 Å². The van der Waals surface area contributed by atoms with E-state index in [-0.39, 0.29) is 9.88 Å². The second-order valence-corrected chi connectivity index (χ2v) is 6.40. The molecular formula is C16H10FN3O2S2. The van der Waals surface area contributed by atoms with Gasteiger partial charge in [0.2, 0.25) is 0 Å². The molecule has 0 bridgehead atoms. The zero-order chi connectivity index (χ0) is 17.1. The Morgan fingerprint density at radius 2 is 2.00 bits per heavy atom. The smallest absolute Gasteiger partial charge is 0.267 e. The molecule has 2 heterocycles. The molecule has 2 aromatic rings. The van der Waals surface area contributed by atoms with E-state index in [4.69, 9.17) is 12.2 Å². The van der Waals surface area contributed by atoms with Gasteiger partial charge in [-0.15, -0.1) is 0 Å². The molecule has 0 spiro atoms. The molecule has 1 aliphatic rings. The number of nitrogens with zero attached hydrogens (tertiary/aromatic N) is 2. The average molecular weight is 359 g/mol. The number of pyridine rings is 1. The third-order valence-electron chi connectivity index (χ3n) is 3.08. The number of hydrazine groups is 1. The van der Waals surface area contributed by atoms with Crippen molar-refractivity contribution in [1.82, 2.24) is 15.4 Å². The normalized spacial score (nSPS) is 15.9. The van der Waals surface area contributed by atoms with E-state index in [0.717, 1.165) is 16.8 Å². The van der Waals surface area contributed by atoms with E-state index in [2.05, 4.69) is 10.4 Å². The van der Waals surface area contributed by atoms with Gasteiger partial charge >= 0.3 is 0 Å². The maximum absolute atomic E-state index is 12.9. The van der Waals surface area contributed by atoms with Crippen molar-refractivity contribution in [2.75, 3.05) is 0 Å². The van der Waals surface area contributed by atoms with E-state index in [1.54, 1.807) is 30.5 Å². The first-order chi connectivity index (χ1) is 11.5. The molecule has 0 aliphatic carbocycles. The summed E-state index contributed by atoms with van der Waals surface area (Å²) in [5.74, 6) is -1.44. The second kappa shape index (κ2) is 6.90. The first-order valence-corrected chi connectivity index (χ1v) is 8.02. The van der Waals surface area contributed by atoms with Crippen LogP contribution in [0.25, 0.3) is 6.08 Å². The molecule has 1 aromatic carbocycles. The van der Waals surface area contributed by atoms with Crippen LogP contribution in [0.1, 0.15) is 16.1 Å². The van der Waals surface area contributed by atoms with Crippen molar-refractivity contribution >= 4 is 46.2 Å². The summed E-state index contributed by atoms with van der Waals surface area (Å²) in [7, 11) is 0. The Labute approximate surface area is 146 Å². The number of nitrogens with one attached hydrogen (secondary N) is 1. The third-order valence-corrected chi connectivity index (χ3v) is 4.38.